The Labute approximate surface area is 228 Å². The van der Waals surface area contributed by atoms with Crippen molar-refractivity contribution in [3.8, 4) is 0 Å². The van der Waals surface area contributed by atoms with Crippen LogP contribution in [0.25, 0.3) is 0 Å². The van der Waals surface area contributed by atoms with Crippen LogP contribution in [-0.4, -0.2) is 23.6 Å². The van der Waals surface area contributed by atoms with Crippen LogP contribution >= 0.6 is 11.6 Å². The maximum atomic E-state index is 13.7. The normalized spacial score (nSPS) is 15.1. The zero-order valence-electron chi connectivity index (χ0n) is 20.9. The molecule has 8 heteroatoms. The summed E-state index contributed by atoms with van der Waals surface area (Å²) in [4.78, 5) is 17.6. The van der Waals surface area contributed by atoms with Gasteiger partial charge in [-0.25, -0.2) is 8.42 Å². The van der Waals surface area contributed by atoms with Crippen molar-refractivity contribution < 1.29 is 13.2 Å². The zero-order chi connectivity index (χ0) is 26.8. The third-order valence-corrected chi connectivity index (χ3v) is 9.24. The van der Waals surface area contributed by atoms with Gasteiger partial charge in [0.05, 0.1) is 22.5 Å². The largest absolute Gasteiger partial charge is 0.325 e. The monoisotopic (exact) mass is 545 g/mol. The van der Waals surface area contributed by atoms with Gasteiger partial charge in [-0.2, -0.15) is 4.31 Å². The van der Waals surface area contributed by atoms with Gasteiger partial charge in [0.15, 0.2) is 0 Å². The van der Waals surface area contributed by atoms with E-state index in [0.717, 1.165) is 24.0 Å². The van der Waals surface area contributed by atoms with E-state index >= 15 is 0 Å². The number of benzene rings is 3. The minimum atomic E-state index is -3.87. The molecule has 5 rings (SSSR count). The maximum absolute atomic E-state index is 13.7. The molecule has 1 aliphatic rings. The Morgan fingerprint density at radius 3 is 2.21 bits per heavy atom. The third kappa shape index (κ3) is 5.36. The number of aromatic nitrogens is 1. The van der Waals surface area contributed by atoms with Crippen molar-refractivity contribution in [1.29, 1.82) is 0 Å². The summed E-state index contributed by atoms with van der Waals surface area (Å²) in [6, 6.07) is 28.3. The van der Waals surface area contributed by atoms with Gasteiger partial charge in [-0.05, 0) is 79.4 Å². The first kappa shape index (κ1) is 26.1. The van der Waals surface area contributed by atoms with Crippen LogP contribution in [0.2, 0.25) is 5.02 Å². The fraction of sp³-hybridized carbons (Fsp3) is 0.200. The summed E-state index contributed by atoms with van der Waals surface area (Å²) in [6.07, 6.45) is 3.29. The van der Waals surface area contributed by atoms with Gasteiger partial charge in [0.2, 0.25) is 15.9 Å². The predicted molar refractivity (Wildman–Crippen MR) is 149 cm³/mol. The van der Waals surface area contributed by atoms with Crippen LogP contribution in [0.3, 0.4) is 0 Å². The summed E-state index contributed by atoms with van der Waals surface area (Å²) < 4.78 is 28.9. The minimum Gasteiger partial charge on any atom is -0.325 e. The summed E-state index contributed by atoms with van der Waals surface area (Å²) >= 11 is 6.00. The van der Waals surface area contributed by atoms with Crippen molar-refractivity contribution in [2.45, 2.75) is 42.7 Å². The SMILES string of the molecule is C[C@H](c1ccc(NC(=O)C2(c3ccccc3)CC2)cc1)N(Cc1ccccn1)S(=O)(=O)c1ccc(Cl)cc1. The molecule has 1 aromatic heterocycles. The number of hydrogen-bond donors (Lipinski definition) is 1. The van der Waals surface area contributed by atoms with Crippen LogP contribution in [0, 0.1) is 0 Å². The Morgan fingerprint density at radius 1 is 0.947 bits per heavy atom. The predicted octanol–water partition coefficient (Wildman–Crippen LogP) is 6.36. The second-order valence-electron chi connectivity index (χ2n) is 9.53. The summed E-state index contributed by atoms with van der Waals surface area (Å²) in [5.41, 5.74) is 2.65. The lowest BCUT2D eigenvalue weighted by Crippen LogP contribution is -2.33. The van der Waals surface area contributed by atoms with Crippen LogP contribution in [0.5, 0.6) is 0 Å². The fourth-order valence-electron chi connectivity index (χ4n) is 4.61. The molecule has 0 saturated heterocycles. The zero-order valence-corrected chi connectivity index (χ0v) is 22.5. The first-order valence-corrected chi connectivity index (χ1v) is 14.3. The van der Waals surface area contributed by atoms with Gasteiger partial charge in [0.25, 0.3) is 0 Å². The molecule has 3 aromatic carbocycles. The first-order chi connectivity index (χ1) is 18.3. The summed E-state index contributed by atoms with van der Waals surface area (Å²) in [6.45, 7) is 1.95. The number of anilines is 1. The molecule has 1 heterocycles. The molecular weight excluding hydrogens is 518 g/mol. The van der Waals surface area contributed by atoms with Gasteiger partial charge in [-0.15, -0.1) is 0 Å². The second-order valence-corrected chi connectivity index (χ2v) is 11.9. The molecule has 38 heavy (non-hydrogen) atoms. The average molecular weight is 546 g/mol. The molecule has 1 fully saturated rings. The molecule has 1 atom stereocenters. The molecule has 0 bridgehead atoms. The lowest BCUT2D eigenvalue weighted by Gasteiger charge is -2.29. The van der Waals surface area contributed by atoms with Gasteiger partial charge in [0, 0.05) is 22.9 Å². The van der Waals surface area contributed by atoms with E-state index in [9.17, 15) is 13.2 Å². The van der Waals surface area contributed by atoms with Crippen LogP contribution < -0.4 is 5.32 Å². The molecule has 1 aliphatic carbocycles. The van der Waals surface area contributed by atoms with Gasteiger partial charge >= 0.3 is 0 Å². The van der Waals surface area contributed by atoms with Crippen molar-refractivity contribution in [3.63, 3.8) is 0 Å². The summed E-state index contributed by atoms with van der Waals surface area (Å²) in [7, 11) is -3.87. The van der Waals surface area contributed by atoms with E-state index in [1.165, 1.54) is 16.4 Å². The topological polar surface area (TPSA) is 79.4 Å². The molecular formula is C30H28ClN3O3S. The van der Waals surface area contributed by atoms with Gasteiger partial charge < -0.3 is 5.32 Å². The highest BCUT2D eigenvalue weighted by Gasteiger charge is 2.51. The number of amides is 1. The Hall–Kier alpha value is -3.52. The molecule has 0 unspecified atom stereocenters. The fourth-order valence-corrected chi connectivity index (χ4v) is 6.33. The van der Waals surface area contributed by atoms with E-state index in [0.29, 0.717) is 16.4 Å². The lowest BCUT2D eigenvalue weighted by molar-refractivity contribution is -0.118. The summed E-state index contributed by atoms with van der Waals surface area (Å²) in [5, 5.41) is 3.51. The van der Waals surface area contributed by atoms with Crippen LogP contribution in [0.1, 0.15) is 42.6 Å². The molecule has 194 valence electrons. The minimum absolute atomic E-state index is 0.0217. The highest BCUT2D eigenvalue weighted by molar-refractivity contribution is 7.89. The molecule has 1 amide bonds. The molecule has 0 spiro atoms. The van der Waals surface area contributed by atoms with E-state index in [4.69, 9.17) is 11.6 Å². The van der Waals surface area contributed by atoms with Gasteiger partial charge in [0.1, 0.15) is 0 Å². The van der Waals surface area contributed by atoms with Crippen molar-refractivity contribution in [2.75, 3.05) is 5.32 Å². The molecule has 0 aliphatic heterocycles. The van der Waals surface area contributed by atoms with E-state index in [2.05, 4.69) is 10.3 Å². The number of pyridine rings is 1. The number of sulfonamides is 1. The number of carbonyl (C=O) groups is 1. The molecule has 4 aromatic rings. The van der Waals surface area contributed by atoms with E-state index < -0.39 is 21.5 Å². The van der Waals surface area contributed by atoms with Crippen LogP contribution in [0.4, 0.5) is 5.69 Å². The van der Waals surface area contributed by atoms with Crippen LogP contribution in [-0.2, 0) is 26.8 Å². The van der Waals surface area contributed by atoms with Crippen molar-refractivity contribution in [2.24, 2.45) is 0 Å². The number of halogens is 1. The second kappa shape index (κ2) is 10.7. The number of nitrogens with one attached hydrogen (secondary N) is 1. The van der Waals surface area contributed by atoms with E-state index in [1.54, 1.807) is 30.5 Å². The van der Waals surface area contributed by atoms with E-state index in [-0.39, 0.29) is 17.3 Å². The number of rotatable bonds is 9. The molecule has 6 nitrogen and oxygen atoms in total. The quantitative estimate of drug-likeness (QED) is 0.265. The Balaban J connectivity index is 1.38. The Kier molecular flexibility index (Phi) is 7.34. The van der Waals surface area contributed by atoms with Gasteiger partial charge in [-0.3, -0.25) is 9.78 Å². The Morgan fingerprint density at radius 2 is 1.61 bits per heavy atom. The molecule has 1 saturated carbocycles. The third-order valence-electron chi connectivity index (χ3n) is 7.06. The first-order valence-electron chi connectivity index (χ1n) is 12.4. The number of carbonyl (C=O) groups excluding carboxylic acids is 1. The molecule has 1 N–H and O–H groups in total. The Bertz CT molecular complexity index is 1510. The highest BCUT2D eigenvalue weighted by Crippen LogP contribution is 2.49. The summed E-state index contributed by atoms with van der Waals surface area (Å²) in [5.74, 6) is -0.0217. The van der Waals surface area contributed by atoms with Crippen molar-refractivity contribution in [3.05, 3.63) is 125 Å². The van der Waals surface area contributed by atoms with E-state index in [1.807, 2.05) is 67.6 Å². The maximum Gasteiger partial charge on any atom is 0.243 e. The van der Waals surface area contributed by atoms with Crippen molar-refractivity contribution >= 4 is 33.2 Å². The molecule has 0 radical (unpaired) electrons. The number of nitrogens with zero attached hydrogens (tertiary/aromatic N) is 2. The van der Waals surface area contributed by atoms with Crippen molar-refractivity contribution in [1.82, 2.24) is 9.29 Å². The van der Waals surface area contributed by atoms with Crippen LogP contribution in [0.15, 0.2) is 108 Å². The lowest BCUT2D eigenvalue weighted by atomic mass is 9.95. The smallest absolute Gasteiger partial charge is 0.243 e. The van der Waals surface area contributed by atoms with Gasteiger partial charge in [-0.1, -0.05) is 60.1 Å². The average Bonchev–Trinajstić information content (AvgIpc) is 3.75. The highest BCUT2D eigenvalue weighted by atomic mass is 35.5. The standard InChI is InChI=1S/C30H28ClN3O3S/c1-22(34(21-27-9-5-6-20-32-27)38(36,37)28-16-12-25(31)13-17-28)23-10-14-26(15-11-23)33-29(35)30(18-19-30)24-7-3-2-4-8-24/h2-17,20,22H,18-19,21H2,1H3,(H,33,35)/t22-/m1/s1. The number of hydrogen-bond acceptors (Lipinski definition) is 4.